The maximum absolute atomic E-state index is 6.42. The molecular weight excluding hydrogens is 601 g/mol. The van der Waals surface area contributed by atoms with Crippen molar-refractivity contribution in [1.82, 2.24) is 19.9 Å². The van der Waals surface area contributed by atoms with Crippen LogP contribution in [-0.4, -0.2) is 19.9 Å². The first-order valence-corrected chi connectivity index (χ1v) is 16.1. The second kappa shape index (κ2) is 10.2. The number of rotatable bonds is 4. The van der Waals surface area contributed by atoms with Crippen LogP contribution in [0.4, 0.5) is 0 Å². The highest BCUT2D eigenvalue weighted by molar-refractivity contribution is 7.26. The second-order valence-electron chi connectivity index (χ2n) is 11.4. The predicted molar refractivity (Wildman–Crippen MR) is 189 cm³/mol. The summed E-state index contributed by atoms with van der Waals surface area (Å²) in [5, 5.41) is 4.21. The van der Waals surface area contributed by atoms with Crippen molar-refractivity contribution in [2.45, 2.75) is 0 Å². The Balaban J connectivity index is 1.26. The number of fused-ring (bicyclic) bond motifs is 7. The smallest absolute Gasteiger partial charge is 0.227 e. The number of furan rings is 1. The molecule has 220 valence electrons. The molecule has 4 heterocycles. The van der Waals surface area contributed by atoms with Crippen LogP contribution in [0.2, 0.25) is 0 Å². The highest BCUT2D eigenvalue weighted by Gasteiger charge is 2.22. The quantitative estimate of drug-likeness (QED) is 0.194. The molecule has 0 bridgehead atoms. The minimum atomic E-state index is 0.550. The van der Waals surface area contributed by atoms with Gasteiger partial charge < -0.3 is 8.83 Å². The van der Waals surface area contributed by atoms with Crippen LogP contribution >= 0.6 is 11.3 Å². The van der Waals surface area contributed by atoms with Crippen LogP contribution in [0, 0.1) is 0 Å². The van der Waals surface area contributed by atoms with E-state index in [0.717, 1.165) is 75.5 Å². The van der Waals surface area contributed by atoms with Crippen molar-refractivity contribution < 1.29 is 8.83 Å². The lowest BCUT2D eigenvalue weighted by Gasteiger charge is -2.10. The second-order valence-corrected chi connectivity index (χ2v) is 12.5. The van der Waals surface area contributed by atoms with Crippen LogP contribution in [0.15, 0.2) is 142 Å². The van der Waals surface area contributed by atoms with E-state index in [-0.39, 0.29) is 0 Å². The number of thiophene rings is 1. The van der Waals surface area contributed by atoms with Crippen LogP contribution in [0.25, 0.3) is 98.8 Å². The van der Waals surface area contributed by atoms with E-state index in [2.05, 4.69) is 48.5 Å². The summed E-state index contributed by atoms with van der Waals surface area (Å²) in [5.74, 6) is 2.31. The Bertz CT molecular complexity index is 2780. The molecule has 0 spiro atoms. The Morgan fingerprint density at radius 1 is 0.426 bits per heavy atom. The molecule has 0 aliphatic heterocycles. The van der Waals surface area contributed by atoms with Gasteiger partial charge in [-0.3, -0.25) is 0 Å². The standard InChI is InChI=1S/C40H22N4O2S/c1-2-11-23(12-3-1)37-42-38(44-39(43-37)28-17-8-14-25-24-13-4-6-19-30(24)45-36(25)28)26-15-9-21-32-34(26)35-27(16-10-22-33(35)47-32)40-41-29-18-5-7-20-31(29)46-40/h1-22H. The molecule has 0 amide bonds. The van der Waals surface area contributed by atoms with Crippen molar-refractivity contribution in [3.8, 4) is 45.6 Å². The first kappa shape index (κ1) is 26.1. The third kappa shape index (κ3) is 4.10. The Morgan fingerprint density at radius 3 is 1.87 bits per heavy atom. The summed E-state index contributed by atoms with van der Waals surface area (Å²) in [7, 11) is 0. The predicted octanol–water partition coefficient (Wildman–Crippen LogP) is 10.9. The van der Waals surface area contributed by atoms with Crippen molar-refractivity contribution in [1.29, 1.82) is 0 Å². The number of para-hydroxylation sites is 4. The molecule has 4 aromatic heterocycles. The lowest BCUT2D eigenvalue weighted by atomic mass is 10.0. The van der Waals surface area contributed by atoms with Gasteiger partial charge in [-0.15, -0.1) is 11.3 Å². The summed E-state index contributed by atoms with van der Waals surface area (Å²) in [4.78, 5) is 20.2. The average Bonchev–Trinajstić information content (AvgIpc) is 3.85. The van der Waals surface area contributed by atoms with E-state index in [9.17, 15) is 0 Å². The van der Waals surface area contributed by atoms with E-state index in [4.69, 9.17) is 28.8 Å². The topological polar surface area (TPSA) is 77.8 Å². The van der Waals surface area contributed by atoms with Gasteiger partial charge >= 0.3 is 0 Å². The molecule has 0 aliphatic rings. The monoisotopic (exact) mass is 622 g/mol. The Hall–Kier alpha value is -6.18. The van der Waals surface area contributed by atoms with Crippen molar-refractivity contribution in [3.05, 3.63) is 133 Å². The third-order valence-electron chi connectivity index (χ3n) is 8.60. The highest BCUT2D eigenvalue weighted by atomic mass is 32.1. The van der Waals surface area contributed by atoms with Gasteiger partial charge in [-0.2, -0.15) is 0 Å². The minimum Gasteiger partial charge on any atom is -0.455 e. The molecule has 6 aromatic carbocycles. The van der Waals surface area contributed by atoms with Gasteiger partial charge in [0.1, 0.15) is 16.7 Å². The number of hydrogen-bond acceptors (Lipinski definition) is 7. The zero-order valence-electron chi connectivity index (χ0n) is 24.7. The molecular formula is C40H22N4O2S. The summed E-state index contributed by atoms with van der Waals surface area (Å²) in [6, 6.07) is 44.7. The lowest BCUT2D eigenvalue weighted by molar-refractivity contribution is 0.620. The van der Waals surface area contributed by atoms with Gasteiger partial charge in [0.25, 0.3) is 0 Å². The molecule has 0 radical (unpaired) electrons. The first-order chi connectivity index (χ1) is 23.3. The number of hydrogen-bond donors (Lipinski definition) is 0. The summed E-state index contributed by atoms with van der Waals surface area (Å²) in [6.07, 6.45) is 0. The van der Waals surface area contributed by atoms with Gasteiger partial charge in [-0.25, -0.2) is 19.9 Å². The Labute approximate surface area is 271 Å². The van der Waals surface area contributed by atoms with Gasteiger partial charge in [0, 0.05) is 47.6 Å². The van der Waals surface area contributed by atoms with Crippen LogP contribution < -0.4 is 0 Å². The summed E-state index contributed by atoms with van der Waals surface area (Å²) in [6.45, 7) is 0. The fourth-order valence-electron chi connectivity index (χ4n) is 6.47. The summed E-state index contributed by atoms with van der Waals surface area (Å²) >= 11 is 1.74. The molecule has 0 saturated carbocycles. The molecule has 47 heavy (non-hydrogen) atoms. The van der Waals surface area contributed by atoms with Gasteiger partial charge in [0.15, 0.2) is 23.1 Å². The maximum atomic E-state index is 6.42. The molecule has 10 rings (SSSR count). The van der Waals surface area contributed by atoms with Crippen LogP contribution in [-0.2, 0) is 0 Å². The molecule has 0 fully saturated rings. The molecule has 0 atom stereocenters. The molecule has 0 N–H and O–H groups in total. The highest BCUT2D eigenvalue weighted by Crippen LogP contribution is 2.44. The van der Waals surface area contributed by atoms with Gasteiger partial charge in [0.2, 0.25) is 5.89 Å². The summed E-state index contributed by atoms with van der Waals surface area (Å²) < 4.78 is 15.0. The van der Waals surface area contributed by atoms with E-state index in [0.29, 0.717) is 23.4 Å². The zero-order chi connectivity index (χ0) is 30.9. The lowest BCUT2D eigenvalue weighted by Crippen LogP contribution is -2.00. The van der Waals surface area contributed by atoms with Crippen molar-refractivity contribution in [2.75, 3.05) is 0 Å². The van der Waals surface area contributed by atoms with E-state index in [1.165, 1.54) is 0 Å². The third-order valence-corrected chi connectivity index (χ3v) is 9.72. The number of oxazole rings is 1. The SMILES string of the molecule is c1ccc(-c2nc(-c3cccc4c3oc3ccccc34)nc(-c3cccc4sc5cccc(-c6nc7ccccc7o6)c5c34)n2)cc1. The van der Waals surface area contributed by atoms with Crippen molar-refractivity contribution in [3.63, 3.8) is 0 Å². The molecule has 10 aromatic rings. The van der Waals surface area contributed by atoms with Crippen LogP contribution in [0.5, 0.6) is 0 Å². The van der Waals surface area contributed by atoms with Crippen LogP contribution in [0.1, 0.15) is 0 Å². The van der Waals surface area contributed by atoms with E-state index >= 15 is 0 Å². The normalized spacial score (nSPS) is 11.8. The van der Waals surface area contributed by atoms with Crippen molar-refractivity contribution >= 4 is 64.5 Å². The number of aromatic nitrogens is 4. The largest absolute Gasteiger partial charge is 0.455 e. The molecule has 7 heteroatoms. The van der Waals surface area contributed by atoms with Crippen molar-refractivity contribution in [2.24, 2.45) is 0 Å². The summed E-state index contributed by atoms with van der Waals surface area (Å²) in [5.41, 5.74) is 6.73. The Morgan fingerprint density at radius 2 is 1.04 bits per heavy atom. The number of benzene rings is 6. The van der Waals surface area contributed by atoms with E-state index < -0.39 is 0 Å². The fraction of sp³-hybridized carbons (Fsp3) is 0. The van der Waals surface area contributed by atoms with Gasteiger partial charge in [-0.05, 0) is 42.5 Å². The van der Waals surface area contributed by atoms with E-state index in [1.807, 2.05) is 84.9 Å². The zero-order valence-corrected chi connectivity index (χ0v) is 25.5. The minimum absolute atomic E-state index is 0.550. The van der Waals surface area contributed by atoms with Crippen LogP contribution in [0.3, 0.4) is 0 Å². The first-order valence-electron chi connectivity index (χ1n) is 15.3. The molecule has 0 unspecified atom stereocenters. The molecule has 0 aliphatic carbocycles. The van der Waals surface area contributed by atoms with E-state index in [1.54, 1.807) is 11.3 Å². The van der Waals surface area contributed by atoms with Gasteiger partial charge in [0.05, 0.1) is 5.56 Å². The Kier molecular flexibility index (Phi) is 5.64. The molecule has 0 saturated heterocycles. The molecule has 6 nitrogen and oxygen atoms in total. The number of nitrogens with zero attached hydrogens (tertiary/aromatic N) is 4. The van der Waals surface area contributed by atoms with Gasteiger partial charge in [-0.1, -0.05) is 91.0 Å². The average molecular weight is 623 g/mol. The maximum Gasteiger partial charge on any atom is 0.227 e. The fourth-order valence-corrected chi connectivity index (χ4v) is 7.63.